The zero-order chi connectivity index (χ0) is 47.9. The molecular formula is C48H46Cl4N8O6. The molecule has 14 nitrogen and oxygen atoms in total. The molecule has 0 radical (unpaired) electrons. The molecule has 66 heavy (non-hydrogen) atoms. The van der Waals surface area contributed by atoms with Crippen LogP contribution >= 0.6 is 46.4 Å². The molecule has 0 spiro atoms. The molecule has 18 heteroatoms. The predicted molar refractivity (Wildman–Crippen MR) is 261 cm³/mol. The highest BCUT2D eigenvalue weighted by Crippen LogP contribution is 2.29. The van der Waals surface area contributed by atoms with Crippen molar-refractivity contribution >= 4 is 116 Å². The third kappa shape index (κ3) is 14.3. The highest BCUT2D eigenvalue weighted by Gasteiger charge is 2.27. The fourth-order valence-corrected chi connectivity index (χ4v) is 7.35. The van der Waals surface area contributed by atoms with Crippen molar-refractivity contribution in [3.8, 4) is 0 Å². The topological polar surface area (TPSA) is 200 Å². The SMILES string of the molecule is CCc1cc(NC(=O)C(N=Nc2cc(Cl)cc(C(=O)Nc3ccc(CCCl)cc3)c2)C(C)=O)c(CC)cc1NC(=O)C(N=Nc1cc(Cl)cc(C(=O)Nc2ccc(CCCl)cc2)c1)C(C)=O. The molecule has 0 aliphatic heterocycles. The lowest BCUT2D eigenvalue weighted by atomic mass is 10.0. The van der Waals surface area contributed by atoms with E-state index < -0.39 is 47.3 Å². The molecule has 0 saturated heterocycles. The van der Waals surface area contributed by atoms with Crippen LogP contribution in [0.2, 0.25) is 10.0 Å². The maximum Gasteiger partial charge on any atom is 0.258 e. The Bertz CT molecular complexity index is 2490. The molecule has 0 aliphatic carbocycles. The van der Waals surface area contributed by atoms with E-state index in [1.165, 1.54) is 50.2 Å². The van der Waals surface area contributed by atoms with Crippen molar-refractivity contribution in [3.63, 3.8) is 0 Å². The first-order chi connectivity index (χ1) is 31.6. The van der Waals surface area contributed by atoms with Gasteiger partial charge < -0.3 is 21.3 Å². The largest absolute Gasteiger partial charge is 0.323 e. The van der Waals surface area contributed by atoms with Gasteiger partial charge in [0.15, 0.2) is 11.6 Å². The smallest absolute Gasteiger partial charge is 0.258 e. The van der Waals surface area contributed by atoms with Crippen LogP contribution in [-0.2, 0) is 44.9 Å². The Labute approximate surface area is 402 Å². The molecule has 2 atom stereocenters. The minimum atomic E-state index is -1.56. The summed E-state index contributed by atoms with van der Waals surface area (Å²) < 4.78 is 0. The molecule has 5 aromatic rings. The van der Waals surface area contributed by atoms with Gasteiger partial charge in [-0.15, -0.1) is 23.2 Å². The number of halogens is 4. The first-order valence-electron chi connectivity index (χ1n) is 20.7. The normalized spacial score (nSPS) is 12.1. The Hall–Kier alpha value is -6.32. The van der Waals surface area contributed by atoms with Gasteiger partial charge in [0.1, 0.15) is 0 Å². The second-order valence-corrected chi connectivity index (χ2v) is 16.5. The Morgan fingerprint density at radius 1 is 0.515 bits per heavy atom. The van der Waals surface area contributed by atoms with Crippen LogP contribution in [-0.4, -0.2) is 59.0 Å². The van der Waals surface area contributed by atoms with Crippen LogP contribution in [0.25, 0.3) is 0 Å². The quantitative estimate of drug-likeness (QED) is 0.0340. The number of amides is 4. The van der Waals surface area contributed by atoms with Crippen LogP contribution in [0.5, 0.6) is 0 Å². The van der Waals surface area contributed by atoms with Crippen LogP contribution in [0.4, 0.5) is 34.1 Å². The second-order valence-electron chi connectivity index (χ2n) is 14.9. The third-order valence-electron chi connectivity index (χ3n) is 9.93. The van der Waals surface area contributed by atoms with Crippen LogP contribution < -0.4 is 21.3 Å². The Morgan fingerprint density at radius 2 is 0.879 bits per heavy atom. The lowest BCUT2D eigenvalue weighted by Crippen LogP contribution is -2.33. The molecule has 0 heterocycles. The molecule has 0 bridgehead atoms. The number of ketones is 2. The molecule has 0 saturated carbocycles. The van der Waals surface area contributed by atoms with E-state index in [2.05, 4.69) is 41.7 Å². The van der Waals surface area contributed by atoms with Gasteiger partial charge in [0.05, 0.1) is 11.4 Å². The Morgan fingerprint density at radius 3 is 1.20 bits per heavy atom. The van der Waals surface area contributed by atoms with E-state index in [0.717, 1.165) is 11.1 Å². The summed E-state index contributed by atoms with van der Waals surface area (Å²) in [5, 5.41) is 27.8. The van der Waals surface area contributed by atoms with E-state index in [4.69, 9.17) is 46.4 Å². The summed E-state index contributed by atoms with van der Waals surface area (Å²) in [7, 11) is 0. The maximum atomic E-state index is 13.6. The fraction of sp³-hybridized carbons (Fsp3) is 0.250. The number of nitrogens with zero attached hydrogens (tertiary/aromatic N) is 4. The molecule has 0 aliphatic rings. The van der Waals surface area contributed by atoms with Gasteiger partial charge in [0, 0.05) is 55.7 Å². The minimum absolute atomic E-state index is 0.135. The average Bonchev–Trinajstić information content (AvgIpc) is 3.27. The number of hydrogen-bond acceptors (Lipinski definition) is 10. The number of hydrogen-bond donors (Lipinski definition) is 4. The molecule has 0 fully saturated rings. The molecule has 0 aromatic heterocycles. The summed E-state index contributed by atoms with van der Waals surface area (Å²) in [5.74, 6) is -2.72. The number of azo groups is 2. The van der Waals surface area contributed by atoms with Crippen LogP contribution in [0, 0.1) is 0 Å². The van der Waals surface area contributed by atoms with Gasteiger partial charge in [-0.1, -0.05) is 61.3 Å². The van der Waals surface area contributed by atoms with E-state index >= 15 is 0 Å². The number of nitrogens with one attached hydrogen (secondary N) is 4. The summed E-state index contributed by atoms with van der Waals surface area (Å²) in [6.45, 7) is 6.06. The van der Waals surface area contributed by atoms with Gasteiger partial charge >= 0.3 is 0 Å². The van der Waals surface area contributed by atoms with Crippen LogP contribution in [0.1, 0.15) is 70.7 Å². The van der Waals surface area contributed by atoms with E-state index in [1.807, 2.05) is 38.1 Å². The second kappa shape index (κ2) is 24.3. The summed E-state index contributed by atoms with van der Waals surface area (Å²) in [4.78, 5) is 78.9. The van der Waals surface area contributed by atoms with Gasteiger partial charge in [-0.2, -0.15) is 20.5 Å². The first-order valence-corrected chi connectivity index (χ1v) is 22.6. The third-order valence-corrected chi connectivity index (χ3v) is 10.7. The van der Waals surface area contributed by atoms with Crippen molar-refractivity contribution in [1.29, 1.82) is 0 Å². The number of carbonyl (C=O) groups is 6. The van der Waals surface area contributed by atoms with Crippen molar-refractivity contribution in [3.05, 3.63) is 140 Å². The van der Waals surface area contributed by atoms with Gasteiger partial charge in [-0.25, -0.2) is 0 Å². The highest BCUT2D eigenvalue weighted by atomic mass is 35.5. The molecule has 342 valence electrons. The number of Topliss-reactive ketones (excluding diaryl/α,β-unsaturated/α-hetero) is 2. The number of aryl methyl sites for hydroxylation is 4. The lowest BCUT2D eigenvalue weighted by Gasteiger charge is -2.18. The summed E-state index contributed by atoms with van der Waals surface area (Å²) in [6.07, 6.45) is 2.16. The summed E-state index contributed by atoms with van der Waals surface area (Å²) in [6, 6.07) is 23.3. The zero-order valence-electron chi connectivity index (χ0n) is 36.4. The fourth-order valence-electron chi connectivity index (χ4n) is 6.45. The molecular weight excluding hydrogens is 926 g/mol. The van der Waals surface area contributed by atoms with Crippen molar-refractivity contribution in [1.82, 2.24) is 0 Å². The lowest BCUT2D eigenvalue weighted by molar-refractivity contribution is -0.127. The highest BCUT2D eigenvalue weighted by molar-refractivity contribution is 6.31. The number of carbonyl (C=O) groups excluding carboxylic acids is 6. The average molecular weight is 973 g/mol. The van der Waals surface area contributed by atoms with Crippen molar-refractivity contribution < 1.29 is 28.8 Å². The van der Waals surface area contributed by atoms with E-state index in [1.54, 1.807) is 36.4 Å². The van der Waals surface area contributed by atoms with Crippen LogP contribution in [0.15, 0.2) is 118 Å². The molecule has 4 N–H and O–H groups in total. The van der Waals surface area contributed by atoms with Gasteiger partial charge in [0.2, 0.25) is 12.1 Å². The predicted octanol–water partition coefficient (Wildman–Crippen LogP) is 11.5. The first kappa shape index (κ1) is 50.7. The zero-order valence-corrected chi connectivity index (χ0v) is 39.4. The maximum absolute atomic E-state index is 13.6. The van der Waals surface area contributed by atoms with Crippen molar-refractivity contribution in [2.24, 2.45) is 20.5 Å². The van der Waals surface area contributed by atoms with E-state index in [9.17, 15) is 28.8 Å². The van der Waals surface area contributed by atoms with Gasteiger partial charge in [-0.3, -0.25) is 28.8 Å². The molecule has 2 unspecified atom stereocenters. The molecule has 5 rings (SSSR count). The minimum Gasteiger partial charge on any atom is -0.323 e. The summed E-state index contributed by atoms with van der Waals surface area (Å²) >= 11 is 24.3. The number of anilines is 4. The van der Waals surface area contributed by atoms with Gasteiger partial charge in [-0.05, 0) is 135 Å². The number of benzene rings is 5. The Kier molecular flexibility index (Phi) is 18.6. The van der Waals surface area contributed by atoms with Crippen LogP contribution in [0.3, 0.4) is 0 Å². The van der Waals surface area contributed by atoms with Gasteiger partial charge in [0.25, 0.3) is 23.6 Å². The number of rotatable bonds is 20. The van der Waals surface area contributed by atoms with E-state index in [0.29, 0.717) is 71.3 Å². The van der Waals surface area contributed by atoms with Crippen molar-refractivity contribution in [2.75, 3.05) is 33.0 Å². The number of alkyl halides is 2. The monoisotopic (exact) mass is 970 g/mol. The van der Waals surface area contributed by atoms with Crippen molar-refractivity contribution in [2.45, 2.75) is 65.5 Å². The molecule has 5 aromatic carbocycles. The summed E-state index contributed by atoms with van der Waals surface area (Å²) in [5.41, 5.74) is 5.68. The van der Waals surface area contributed by atoms with E-state index in [-0.39, 0.29) is 32.5 Å². The standard InChI is InChI=1S/C48H46Cl4N8O6/c1-5-31-23-42(56-48(66)44(28(4)62)60-58-40-22-34(20-36(52)26-40)46(64)54-38-13-9-30(10-14-38)16-18-50)32(6-2)24-41(31)55-47(65)43(27(3)61)59-57-39-21-33(19-35(51)25-39)45(63)53-37-11-7-29(8-12-37)15-17-49/h7-14,19-26,43-44H,5-6,15-18H2,1-4H3,(H,53,63)(H,54,64)(H,55,65)(H,56,66). The Balaban J connectivity index is 1.28. The molecule has 4 amide bonds.